The summed E-state index contributed by atoms with van der Waals surface area (Å²) in [5.41, 5.74) is 0.348. The summed E-state index contributed by atoms with van der Waals surface area (Å²) in [7, 11) is 0. The van der Waals surface area contributed by atoms with Gasteiger partial charge in [0, 0.05) is 6.20 Å². The van der Waals surface area contributed by atoms with Gasteiger partial charge in [-0.3, -0.25) is 14.6 Å². The second kappa shape index (κ2) is 7.34. The molecular weight excluding hydrogens is 318 g/mol. The highest BCUT2D eigenvalue weighted by atomic mass is 16.5. The van der Waals surface area contributed by atoms with Gasteiger partial charge in [-0.1, -0.05) is 18.2 Å². The van der Waals surface area contributed by atoms with Crippen LogP contribution < -0.4 is 15.4 Å². The first-order chi connectivity index (χ1) is 12.2. The number of benzene rings is 1. The minimum Gasteiger partial charge on any atom is -0.492 e. The predicted molar refractivity (Wildman–Crippen MR) is 94.0 cm³/mol. The summed E-state index contributed by atoms with van der Waals surface area (Å²) in [4.78, 5) is 29.3. The number of aromatic nitrogens is 1. The SMILES string of the molecule is CCOc1ccccc1NC(=O)C1(C(=O)NCc2ccccn2)CC1. The predicted octanol–water partition coefficient (Wildman–Crippen LogP) is 2.52. The number of rotatable bonds is 7. The molecule has 1 fully saturated rings. The Balaban J connectivity index is 1.64. The molecule has 3 rings (SSSR count). The fraction of sp³-hybridized carbons (Fsp3) is 0.316. The van der Waals surface area contributed by atoms with Crippen LogP contribution in [0.1, 0.15) is 25.5 Å². The van der Waals surface area contributed by atoms with E-state index in [0.29, 0.717) is 37.4 Å². The summed E-state index contributed by atoms with van der Waals surface area (Å²) in [5.74, 6) is 0.0470. The third-order valence-corrected chi connectivity index (χ3v) is 4.21. The van der Waals surface area contributed by atoms with Gasteiger partial charge in [-0.25, -0.2) is 0 Å². The first-order valence-electron chi connectivity index (χ1n) is 8.37. The Labute approximate surface area is 146 Å². The van der Waals surface area contributed by atoms with Crippen LogP contribution in [0.2, 0.25) is 0 Å². The zero-order chi connectivity index (χ0) is 17.7. The van der Waals surface area contributed by atoms with Crippen LogP contribution in [-0.4, -0.2) is 23.4 Å². The largest absolute Gasteiger partial charge is 0.492 e. The molecule has 1 aliphatic rings. The van der Waals surface area contributed by atoms with Gasteiger partial charge in [0.15, 0.2) is 0 Å². The van der Waals surface area contributed by atoms with E-state index in [9.17, 15) is 9.59 Å². The number of nitrogens with zero attached hydrogens (tertiary/aromatic N) is 1. The number of ether oxygens (including phenoxy) is 1. The number of carbonyl (C=O) groups is 2. The molecule has 0 atom stereocenters. The van der Waals surface area contributed by atoms with Crippen molar-refractivity contribution >= 4 is 17.5 Å². The third kappa shape index (κ3) is 3.79. The monoisotopic (exact) mass is 339 g/mol. The maximum atomic E-state index is 12.7. The molecule has 6 heteroatoms. The molecule has 25 heavy (non-hydrogen) atoms. The number of amides is 2. The van der Waals surface area contributed by atoms with Crippen LogP contribution in [0.15, 0.2) is 48.7 Å². The van der Waals surface area contributed by atoms with Crippen molar-refractivity contribution in [2.75, 3.05) is 11.9 Å². The molecule has 2 aromatic rings. The summed E-state index contributed by atoms with van der Waals surface area (Å²) >= 11 is 0. The van der Waals surface area contributed by atoms with Crippen molar-refractivity contribution in [3.63, 3.8) is 0 Å². The Bertz CT molecular complexity index is 758. The van der Waals surface area contributed by atoms with Gasteiger partial charge >= 0.3 is 0 Å². The maximum Gasteiger partial charge on any atom is 0.240 e. The second-order valence-corrected chi connectivity index (χ2v) is 5.97. The molecule has 2 N–H and O–H groups in total. The fourth-order valence-electron chi connectivity index (χ4n) is 2.62. The Hall–Kier alpha value is -2.89. The lowest BCUT2D eigenvalue weighted by Gasteiger charge is -2.17. The lowest BCUT2D eigenvalue weighted by Crippen LogP contribution is -2.39. The van der Waals surface area contributed by atoms with Crippen molar-refractivity contribution in [3.8, 4) is 5.75 Å². The highest BCUT2D eigenvalue weighted by Crippen LogP contribution is 2.47. The van der Waals surface area contributed by atoms with E-state index < -0.39 is 5.41 Å². The Morgan fingerprint density at radius 2 is 1.88 bits per heavy atom. The number of hydrogen-bond acceptors (Lipinski definition) is 4. The van der Waals surface area contributed by atoms with Crippen LogP contribution in [-0.2, 0) is 16.1 Å². The van der Waals surface area contributed by atoms with Gasteiger partial charge < -0.3 is 15.4 Å². The first kappa shape index (κ1) is 17.0. The van der Waals surface area contributed by atoms with E-state index >= 15 is 0 Å². The van der Waals surface area contributed by atoms with Crippen LogP contribution in [0.5, 0.6) is 5.75 Å². The van der Waals surface area contributed by atoms with E-state index in [1.54, 1.807) is 18.3 Å². The fourth-order valence-corrected chi connectivity index (χ4v) is 2.62. The second-order valence-electron chi connectivity index (χ2n) is 5.97. The van der Waals surface area contributed by atoms with Crippen molar-refractivity contribution in [3.05, 3.63) is 54.4 Å². The van der Waals surface area contributed by atoms with Crippen molar-refractivity contribution in [1.82, 2.24) is 10.3 Å². The molecule has 1 aromatic heterocycles. The van der Waals surface area contributed by atoms with Gasteiger partial charge in [0.25, 0.3) is 0 Å². The van der Waals surface area contributed by atoms with Crippen LogP contribution >= 0.6 is 0 Å². The van der Waals surface area contributed by atoms with Crippen molar-refractivity contribution in [1.29, 1.82) is 0 Å². The third-order valence-electron chi connectivity index (χ3n) is 4.21. The topological polar surface area (TPSA) is 80.3 Å². The summed E-state index contributed by atoms with van der Waals surface area (Å²) in [6, 6.07) is 12.7. The number of para-hydroxylation sites is 2. The van der Waals surface area contributed by atoms with Crippen LogP contribution in [0.3, 0.4) is 0 Å². The Morgan fingerprint density at radius 1 is 1.12 bits per heavy atom. The van der Waals surface area contributed by atoms with E-state index in [2.05, 4.69) is 15.6 Å². The molecule has 0 radical (unpaired) electrons. The standard InChI is InChI=1S/C19H21N3O3/c1-2-25-16-9-4-3-8-15(16)22-18(24)19(10-11-19)17(23)21-13-14-7-5-6-12-20-14/h3-9,12H,2,10-11,13H2,1H3,(H,21,23)(H,22,24). The zero-order valence-electron chi connectivity index (χ0n) is 14.1. The van der Waals surface area contributed by atoms with Crippen LogP contribution in [0.25, 0.3) is 0 Å². The first-order valence-corrected chi connectivity index (χ1v) is 8.37. The van der Waals surface area contributed by atoms with E-state index in [-0.39, 0.29) is 11.8 Å². The van der Waals surface area contributed by atoms with Gasteiger partial charge in [-0.15, -0.1) is 0 Å². The molecule has 0 bridgehead atoms. The quantitative estimate of drug-likeness (QED) is 0.760. The molecule has 1 heterocycles. The number of pyridine rings is 1. The molecule has 130 valence electrons. The summed E-state index contributed by atoms with van der Waals surface area (Å²) < 4.78 is 5.51. The molecule has 1 saturated carbocycles. The zero-order valence-corrected chi connectivity index (χ0v) is 14.1. The van der Waals surface area contributed by atoms with Gasteiger partial charge in [0.1, 0.15) is 11.2 Å². The van der Waals surface area contributed by atoms with Gasteiger partial charge in [0.05, 0.1) is 24.5 Å². The molecule has 0 unspecified atom stereocenters. The summed E-state index contributed by atoms with van der Waals surface area (Å²) in [5, 5.41) is 5.65. The summed E-state index contributed by atoms with van der Waals surface area (Å²) in [6.45, 7) is 2.69. The highest BCUT2D eigenvalue weighted by Gasteiger charge is 2.56. The van der Waals surface area contributed by atoms with Crippen molar-refractivity contribution in [2.45, 2.75) is 26.3 Å². The molecule has 1 aliphatic carbocycles. The number of carbonyl (C=O) groups excluding carboxylic acids is 2. The minimum absolute atomic E-state index is 0.260. The van der Waals surface area contributed by atoms with Crippen LogP contribution in [0.4, 0.5) is 5.69 Å². The number of anilines is 1. The van der Waals surface area contributed by atoms with Gasteiger partial charge in [-0.2, -0.15) is 0 Å². The molecular formula is C19H21N3O3. The van der Waals surface area contributed by atoms with Gasteiger partial charge in [0.2, 0.25) is 11.8 Å². The lowest BCUT2D eigenvalue weighted by atomic mass is 10.0. The Kier molecular flexibility index (Phi) is 4.97. The molecule has 0 aliphatic heterocycles. The Morgan fingerprint density at radius 3 is 2.56 bits per heavy atom. The highest BCUT2D eigenvalue weighted by molar-refractivity contribution is 6.13. The van der Waals surface area contributed by atoms with E-state index in [0.717, 1.165) is 5.69 Å². The minimum atomic E-state index is -0.992. The normalized spacial score (nSPS) is 14.4. The molecule has 2 amide bonds. The molecule has 0 spiro atoms. The van der Waals surface area contributed by atoms with E-state index in [4.69, 9.17) is 4.74 Å². The van der Waals surface area contributed by atoms with E-state index in [1.807, 2.05) is 37.3 Å². The lowest BCUT2D eigenvalue weighted by molar-refractivity contribution is -0.134. The van der Waals surface area contributed by atoms with E-state index in [1.165, 1.54) is 0 Å². The maximum absolute atomic E-state index is 12.7. The molecule has 6 nitrogen and oxygen atoms in total. The van der Waals surface area contributed by atoms with Crippen LogP contribution in [0, 0.1) is 5.41 Å². The van der Waals surface area contributed by atoms with Crippen molar-refractivity contribution in [2.24, 2.45) is 5.41 Å². The van der Waals surface area contributed by atoms with Gasteiger partial charge in [-0.05, 0) is 44.0 Å². The molecule has 0 saturated heterocycles. The molecule has 1 aromatic carbocycles. The average molecular weight is 339 g/mol. The van der Waals surface area contributed by atoms with Crippen molar-refractivity contribution < 1.29 is 14.3 Å². The smallest absolute Gasteiger partial charge is 0.240 e. The average Bonchev–Trinajstić information content (AvgIpc) is 3.44. The number of nitrogens with one attached hydrogen (secondary N) is 2. The summed E-state index contributed by atoms with van der Waals surface area (Å²) in [6.07, 6.45) is 2.76. The number of hydrogen-bond donors (Lipinski definition) is 2.